The fourth-order valence-corrected chi connectivity index (χ4v) is 3.37. The molecule has 8 nitrogen and oxygen atoms in total. The average Bonchev–Trinajstić information content (AvgIpc) is 2.91. The second-order valence-electron chi connectivity index (χ2n) is 4.43. The lowest BCUT2D eigenvalue weighted by Crippen LogP contribution is -2.08. The molecule has 0 saturated carbocycles. The molecule has 0 saturated heterocycles. The van der Waals surface area contributed by atoms with Crippen LogP contribution in [0.4, 0.5) is 16.5 Å². The number of nitrogens with zero attached hydrogens (tertiary/aromatic N) is 2. The first-order valence-electron chi connectivity index (χ1n) is 6.16. The van der Waals surface area contributed by atoms with Crippen LogP contribution < -0.4 is 10.6 Å². The number of hydrogen-bond acceptors (Lipinski definition) is 8. The van der Waals surface area contributed by atoms with Crippen LogP contribution in [0.3, 0.4) is 0 Å². The molecule has 0 spiro atoms. The van der Waals surface area contributed by atoms with Crippen LogP contribution in [-0.4, -0.2) is 31.6 Å². The highest BCUT2D eigenvalue weighted by Crippen LogP contribution is 2.32. The van der Waals surface area contributed by atoms with Crippen molar-refractivity contribution in [1.82, 2.24) is 4.98 Å². The first kappa shape index (κ1) is 16.2. The Bertz CT molecular complexity index is 801. The largest absolute Gasteiger partial charge is 0.374 e. The SMILES string of the molecule is CNc1nc(CNc2cccc(S(C)(=O)=O)c2[N+](=O)[O-])cs1. The van der Waals surface area contributed by atoms with Crippen LogP contribution in [-0.2, 0) is 16.4 Å². The molecule has 0 aliphatic carbocycles. The third-order valence-electron chi connectivity index (χ3n) is 2.81. The van der Waals surface area contributed by atoms with Crippen molar-refractivity contribution in [2.75, 3.05) is 23.9 Å². The Morgan fingerprint density at radius 1 is 1.41 bits per heavy atom. The maximum atomic E-state index is 11.7. The van der Waals surface area contributed by atoms with E-state index in [2.05, 4.69) is 15.6 Å². The zero-order chi connectivity index (χ0) is 16.3. The van der Waals surface area contributed by atoms with Crippen molar-refractivity contribution in [2.24, 2.45) is 0 Å². The fourth-order valence-electron chi connectivity index (χ4n) is 1.84. The van der Waals surface area contributed by atoms with Gasteiger partial charge < -0.3 is 10.6 Å². The van der Waals surface area contributed by atoms with Crippen LogP contribution in [0.5, 0.6) is 0 Å². The van der Waals surface area contributed by atoms with Crippen molar-refractivity contribution in [1.29, 1.82) is 0 Å². The Labute approximate surface area is 131 Å². The van der Waals surface area contributed by atoms with E-state index < -0.39 is 20.4 Å². The Balaban J connectivity index is 2.32. The van der Waals surface area contributed by atoms with E-state index in [-0.39, 0.29) is 17.1 Å². The van der Waals surface area contributed by atoms with Gasteiger partial charge in [0.2, 0.25) is 0 Å². The second-order valence-corrected chi connectivity index (χ2v) is 7.27. The monoisotopic (exact) mass is 342 g/mol. The summed E-state index contributed by atoms with van der Waals surface area (Å²) in [6.45, 7) is 0.256. The van der Waals surface area contributed by atoms with Crippen molar-refractivity contribution in [3.63, 3.8) is 0 Å². The topological polar surface area (TPSA) is 114 Å². The molecule has 1 aromatic carbocycles. The Kier molecular flexibility index (Phi) is 4.62. The van der Waals surface area contributed by atoms with Crippen LogP contribution in [0, 0.1) is 10.1 Å². The van der Waals surface area contributed by atoms with Gasteiger partial charge in [0, 0.05) is 18.7 Å². The summed E-state index contributed by atoms with van der Waals surface area (Å²) >= 11 is 1.41. The summed E-state index contributed by atoms with van der Waals surface area (Å²) in [5.41, 5.74) is 0.398. The molecule has 0 fully saturated rings. The van der Waals surface area contributed by atoms with Crippen LogP contribution in [0.2, 0.25) is 0 Å². The van der Waals surface area contributed by atoms with Crippen LogP contribution >= 0.6 is 11.3 Å². The molecular weight excluding hydrogens is 328 g/mol. The van der Waals surface area contributed by atoms with Gasteiger partial charge in [0.25, 0.3) is 0 Å². The zero-order valence-electron chi connectivity index (χ0n) is 11.9. The number of nitro benzene ring substituents is 1. The predicted molar refractivity (Wildman–Crippen MR) is 85.2 cm³/mol. The number of benzene rings is 1. The van der Waals surface area contributed by atoms with Gasteiger partial charge in [-0.25, -0.2) is 13.4 Å². The number of sulfone groups is 1. The lowest BCUT2D eigenvalue weighted by molar-refractivity contribution is -0.386. The lowest BCUT2D eigenvalue weighted by atomic mass is 10.2. The molecule has 10 heteroatoms. The van der Waals surface area contributed by atoms with Gasteiger partial charge in [0.05, 0.1) is 17.2 Å². The van der Waals surface area contributed by atoms with E-state index in [9.17, 15) is 18.5 Å². The molecule has 0 radical (unpaired) electrons. The van der Waals surface area contributed by atoms with Gasteiger partial charge >= 0.3 is 5.69 Å². The molecule has 118 valence electrons. The fraction of sp³-hybridized carbons (Fsp3) is 0.250. The van der Waals surface area contributed by atoms with E-state index >= 15 is 0 Å². The van der Waals surface area contributed by atoms with Crippen molar-refractivity contribution in [3.8, 4) is 0 Å². The number of nitro groups is 1. The third kappa shape index (κ3) is 3.52. The minimum atomic E-state index is -3.69. The van der Waals surface area contributed by atoms with E-state index in [0.29, 0.717) is 5.69 Å². The molecule has 0 aliphatic heterocycles. The smallest absolute Gasteiger partial charge is 0.310 e. The lowest BCUT2D eigenvalue weighted by Gasteiger charge is -2.08. The number of anilines is 2. The molecule has 2 N–H and O–H groups in total. The standard InChI is InChI=1S/C12H14N4O4S2/c1-13-12-15-8(7-21-12)6-14-9-4-3-5-10(22(2,19)20)11(9)16(17)18/h3-5,7,14H,6H2,1-2H3,(H,13,15). The van der Waals surface area contributed by atoms with Gasteiger partial charge in [0.15, 0.2) is 15.0 Å². The van der Waals surface area contributed by atoms with E-state index in [4.69, 9.17) is 0 Å². The van der Waals surface area contributed by atoms with Crippen molar-refractivity contribution in [2.45, 2.75) is 11.4 Å². The Morgan fingerprint density at radius 3 is 2.68 bits per heavy atom. The molecule has 0 unspecified atom stereocenters. The minimum absolute atomic E-state index is 0.145. The summed E-state index contributed by atoms with van der Waals surface area (Å²) < 4.78 is 23.4. The van der Waals surface area contributed by atoms with Gasteiger partial charge in [-0.3, -0.25) is 10.1 Å². The molecule has 1 heterocycles. The number of aromatic nitrogens is 1. The molecule has 0 amide bonds. The third-order valence-corrected chi connectivity index (χ3v) is 4.84. The molecule has 1 aromatic heterocycles. The maximum absolute atomic E-state index is 11.7. The maximum Gasteiger partial charge on any atom is 0.310 e. The first-order chi connectivity index (χ1) is 10.3. The number of nitrogens with one attached hydrogen (secondary N) is 2. The van der Waals surface area contributed by atoms with Gasteiger partial charge in [-0.15, -0.1) is 11.3 Å². The summed E-state index contributed by atoms with van der Waals surface area (Å²) in [7, 11) is -1.94. The molecule has 0 aliphatic rings. The van der Waals surface area contributed by atoms with Crippen molar-refractivity contribution < 1.29 is 13.3 Å². The first-order valence-corrected chi connectivity index (χ1v) is 8.93. The average molecular weight is 342 g/mol. The number of para-hydroxylation sites is 1. The number of hydrogen-bond donors (Lipinski definition) is 2. The van der Waals surface area contributed by atoms with Gasteiger partial charge in [0.1, 0.15) is 10.6 Å². The van der Waals surface area contributed by atoms with Gasteiger partial charge in [-0.1, -0.05) is 6.07 Å². The van der Waals surface area contributed by atoms with E-state index in [1.165, 1.54) is 29.5 Å². The van der Waals surface area contributed by atoms with E-state index in [1.54, 1.807) is 7.05 Å². The Morgan fingerprint density at radius 2 is 2.14 bits per heavy atom. The minimum Gasteiger partial charge on any atom is -0.374 e. The predicted octanol–water partition coefficient (Wildman–Crippen LogP) is 2.11. The molecular formula is C12H14N4O4S2. The number of rotatable bonds is 6. The molecule has 2 rings (SSSR count). The molecule has 2 aromatic rings. The van der Waals surface area contributed by atoms with Crippen molar-refractivity contribution >= 4 is 37.7 Å². The highest BCUT2D eigenvalue weighted by Gasteiger charge is 2.25. The summed E-state index contributed by atoms with van der Waals surface area (Å²) in [6.07, 6.45) is 0.943. The highest BCUT2D eigenvalue weighted by molar-refractivity contribution is 7.90. The molecule has 22 heavy (non-hydrogen) atoms. The van der Waals surface area contributed by atoms with Crippen LogP contribution in [0.1, 0.15) is 5.69 Å². The quantitative estimate of drug-likeness (QED) is 0.610. The second kappa shape index (κ2) is 6.28. The Hall–Kier alpha value is -2.20. The highest BCUT2D eigenvalue weighted by atomic mass is 32.2. The van der Waals surface area contributed by atoms with Crippen LogP contribution in [0.25, 0.3) is 0 Å². The normalized spacial score (nSPS) is 11.2. The van der Waals surface area contributed by atoms with Gasteiger partial charge in [-0.2, -0.15) is 0 Å². The summed E-state index contributed by atoms with van der Waals surface area (Å²) in [4.78, 5) is 14.5. The summed E-state index contributed by atoms with van der Waals surface area (Å²) in [5.74, 6) is 0. The number of thiazole rings is 1. The summed E-state index contributed by atoms with van der Waals surface area (Å²) in [6, 6.07) is 4.16. The van der Waals surface area contributed by atoms with E-state index in [0.717, 1.165) is 11.4 Å². The van der Waals surface area contributed by atoms with E-state index in [1.807, 2.05) is 5.38 Å². The molecule has 0 bridgehead atoms. The van der Waals surface area contributed by atoms with Crippen LogP contribution in [0.15, 0.2) is 28.5 Å². The zero-order valence-corrected chi connectivity index (χ0v) is 13.5. The summed E-state index contributed by atoms with van der Waals surface area (Å²) in [5, 5.41) is 19.5. The van der Waals surface area contributed by atoms with Gasteiger partial charge in [-0.05, 0) is 12.1 Å². The molecule has 0 atom stereocenters. The van der Waals surface area contributed by atoms with Crippen molar-refractivity contribution in [3.05, 3.63) is 39.4 Å².